The highest BCUT2D eigenvalue weighted by Crippen LogP contribution is 2.39. The van der Waals surface area contributed by atoms with Gasteiger partial charge in [-0.1, -0.05) is 18.2 Å². The number of carbonyl (C=O) groups excluding carboxylic acids is 1. The van der Waals surface area contributed by atoms with Crippen LogP contribution < -0.4 is 9.47 Å². The van der Waals surface area contributed by atoms with Crippen molar-refractivity contribution >= 4 is 17.6 Å². The molecule has 2 rings (SSSR count). The number of benzene rings is 1. The molecular weight excluding hydrogens is 396 g/mol. The summed E-state index contributed by atoms with van der Waals surface area (Å²) in [6.07, 6.45) is 6.73. The summed E-state index contributed by atoms with van der Waals surface area (Å²) in [5, 5.41) is 18.9. The lowest BCUT2D eigenvalue weighted by atomic mass is 9.92. The number of aliphatic hydroxyl groups is 2. The molecule has 0 amide bonds. The minimum absolute atomic E-state index is 0.0400. The van der Waals surface area contributed by atoms with Crippen molar-refractivity contribution < 1.29 is 29.2 Å². The minimum Gasteiger partial charge on any atom is -0.497 e. The Morgan fingerprint density at radius 1 is 1.28 bits per heavy atom. The van der Waals surface area contributed by atoms with Gasteiger partial charge >= 0.3 is 5.97 Å². The van der Waals surface area contributed by atoms with Crippen LogP contribution in [0.15, 0.2) is 36.4 Å². The first-order chi connectivity index (χ1) is 14.0. The average molecular weight is 427 g/mol. The van der Waals surface area contributed by atoms with Gasteiger partial charge in [0.05, 0.1) is 26.4 Å². The lowest BCUT2D eigenvalue weighted by Crippen LogP contribution is -2.27. The average Bonchev–Trinajstić information content (AvgIpc) is 2.99. The van der Waals surface area contributed by atoms with Crippen molar-refractivity contribution in [2.75, 3.05) is 26.9 Å². The van der Waals surface area contributed by atoms with E-state index in [-0.39, 0.29) is 36.4 Å². The monoisotopic (exact) mass is 426 g/mol. The number of allylic oxidation sites excluding steroid dienone is 2. The van der Waals surface area contributed by atoms with E-state index in [4.69, 9.17) is 30.9 Å². The molecule has 2 N–H and O–H groups in total. The van der Waals surface area contributed by atoms with Crippen LogP contribution in [0.4, 0.5) is 0 Å². The molecule has 4 atom stereocenters. The van der Waals surface area contributed by atoms with Crippen molar-refractivity contribution in [2.24, 2.45) is 11.8 Å². The van der Waals surface area contributed by atoms with E-state index in [2.05, 4.69) is 6.08 Å². The summed E-state index contributed by atoms with van der Waals surface area (Å²) >= 11 is 6.48. The van der Waals surface area contributed by atoms with Crippen LogP contribution in [0, 0.1) is 11.8 Å². The molecule has 0 aliphatic heterocycles. The first-order valence-electron chi connectivity index (χ1n) is 10.1. The van der Waals surface area contributed by atoms with Crippen molar-refractivity contribution in [1.82, 2.24) is 0 Å². The highest BCUT2D eigenvalue weighted by atomic mass is 35.5. The van der Waals surface area contributed by atoms with E-state index in [0.29, 0.717) is 31.6 Å². The summed E-state index contributed by atoms with van der Waals surface area (Å²) in [5.41, 5.74) is 0. The number of carbonyl (C=O) groups is 1. The number of ether oxygens (including phenoxy) is 3. The van der Waals surface area contributed by atoms with E-state index >= 15 is 0 Å². The van der Waals surface area contributed by atoms with Gasteiger partial charge in [-0.3, -0.25) is 4.79 Å². The summed E-state index contributed by atoms with van der Waals surface area (Å²) in [6.45, 7) is 0.295. The summed E-state index contributed by atoms with van der Waals surface area (Å²) in [7, 11) is 1.61. The van der Waals surface area contributed by atoms with Gasteiger partial charge in [0.15, 0.2) is 0 Å². The quantitative estimate of drug-likeness (QED) is 0.231. The minimum atomic E-state index is -0.484. The van der Waals surface area contributed by atoms with Crippen molar-refractivity contribution in [1.29, 1.82) is 0 Å². The Balaban J connectivity index is 1.77. The molecule has 29 heavy (non-hydrogen) atoms. The van der Waals surface area contributed by atoms with Gasteiger partial charge in [0.25, 0.3) is 0 Å². The number of rotatable bonds is 12. The second-order valence-electron chi connectivity index (χ2n) is 7.18. The van der Waals surface area contributed by atoms with E-state index in [9.17, 15) is 9.90 Å². The highest BCUT2D eigenvalue weighted by Gasteiger charge is 2.41. The Labute approximate surface area is 177 Å². The van der Waals surface area contributed by atoms with Crippen LogP contribution in [0.3, 0.4) is 0 Å². The Morgan fingerprint density at radius 2 is 2.07 bits per heavy atom. The van der Waals surface area contributed by atoms with Crippen molar-refractivity contribution in [2.45, 2.75) is 43.6 Å². The number of aliphatic hydroxyl groups excluding tert-OH is 2. The van der Waals surface area contributed by atoms with Gasteiger partial charge in [-0.25, -0.2) is 0 Å². The van der Waals surface area contributed by atoms with Crippen LogP contribution in [-0.4, -0.2) is 54.6 Å². The van der Waals surface area contributed by atoms with Crippen molar-refractivity contribution in [3.05, 3.63) is 36.4 Å². The molecular formula is C22H31ClO6. The largest absolute Gasteiger partial charge is 0.497 e. The van der Waals surface area contributed by atoms with E-state index in [1.54, 1.807) is 7.11 Å². The lowest BCUT2D eigenvalue weighted by molar-refractivity contribution is -0.144. The van der Waals surface area contributed by atoms with Crippen LogP contribution >= 0.6 is 11.6 Å². The van der Waals surface area contributed by atoms with Gasteiger partial charge in [-0.2, -0.15) is 0 Å². The zero-order valence-electron chi connectivity index (χ0n) is 16.8. The van der Waals surface area contributed by atoms with Crippen LogP contribution in [0.25, 0.3) is 0 Å². The van der Waals surface area contributed by atoms with Gasteiger partial charge in [-0.15, -0.1) is 11.6 Å². The molecule has 1 fully saturated rings. The summed E-state index contributed by atoms with van der Waals surface area (Å²) in [5.74, 6) is 1.23. The molecule has 0 radical (unpaired) electrons. The fourth-order valence-corrected chi connectivity index (χ4v) is 4.01. The first kappa shape index (κ1) is 23.5. The Hall–Kier alpha value is -1.76. The molecule has 0 bridgehead atoms. The first-order valence-corrected chi connectivity index (χ1v) is 10.5. The summed E-state index contributed by atoms with van der Waals surface area (Å²) in [6, 6.07) is 7.40. The third kappa shape index (κ3) is 7.88. The molecule has 6 nitrogen and oxygen atoms in total. The second-order valence-corrected chi connectivity index (χ2v) is 7.74. The number of halogens is 1. The maximum absolute atomic E-state index is 11.4. The smallest absolute Gasteiger partial charge is 0.305 e. The van der Waals surface area contributed by atoms with Gasteiger partial charge in [0, 0.05) is 23.8 Å². The van der Waals surface area contributed by atoms with Gasteiger partial charge in [0.2, 0.25) is 0 Å². The van der Waals surface area contributed by atoms with Crippen molar-refractivity contribution in [3.63, 3.8) is 0 Å². The SMILES string of the molecule is COc1cccc(OC[C@@H]2[C@@H](C/C=C\CCCC(=O)OCCO)[C@H](Cl)C[C@H]2O)c1. The molecule has 1 aliphatic rings. The topological polar surface area (TPSA) is 85.2 Å². The van der Waals surface area contributed by atoms with E-state index in [1.807, 2.05) is 30.3 Å². The highest BCUT2D eigenvalue weighted by molar-refractivity contribution is 6.21. The maximum atomic E-state index is 11.4. The third-order valence-corrected chi connectivity index (χ3v) is 5.64. The number of methoxy groups -OCH3 is 1. The molecule has 0 unspecified atom stereocenters. The molecule has 7 heteroatoms. The maximum Gasteiger partial charge on any atom is 0.305 e. The predicted molar refractivity (Wildman–Crippen MR) is 111 cm³/mol. The van der Waals surface area contributed by atoms with Crippen molar-refractivity contribution in [3.8, 4) is 11.5 Å². The molecule has 1 saturated carbocycles. The fourth-order valence-electron chi connectivity index (χ4n) is 3.54. The van der Waals surface area contributed by atoms with Gasteiger partial charge in [0.1, 0.15) is 18.1 Å². The molecule has 162 valence electrons. The molecule has 1 aromatic rings. The number of hydrogen-bond acceptors (Lipinski definition) is 6. The number of hydrogen-bond donors (Lipinski definition) is 2. The lowest BCUT2D eigenvalue weighted by Gasteiger charge is -2.22. The van der Waals surface area contributed by atoms with E-state index in [0.717, 1.165) is 18.6 Å². The number of alkyl halides is 1. The molecule has 0 heterocycles. The zero-order valence-corrected chi connectivity index (χ0v) is 17.6. The van der Waals surface area contributed by atoms with Gasteiger partial charge in [-0.05, 0) is 43.7 Å². The summed E-state index contributed by atoms with van der Waals surface area (Å²) < 4.78 is 15.9. The third-order valence-electron chi connectivity index (χ3n) is 5.14. The molecule has 0 saturated heterocycles. The normalized spacial score (nSPS) is 24.0. The Bertz CT molecular complexity index is 650. The molecule has 0 aromatic heterocycles. The van der Waals surface area contributed by atoms with Crippen LogP contribution in [0.5, 0.6) is 11.5 Å². The van der Waals surface area contributed by atoms with Crippen LogP contribution in [-0.2, 0) is 9.53 Å². The van der Waals surface area contributed by atoms with E-state index < -0.39 is 6.10 Å². The number of unbranched alkanes of at least 4 members (excludes halogenated alkanes) is 1. The van der Waals surface area contributed by atoms with Gasteiger partial charge < -0.3 is 24.4 Å². The predicted octanol–water partition coefficient (Wildman–Crippen LogP) is 3.33. The summed E-state index contributed by atoms with van der Waals surface area (Å²) in [4.78, 5) is 11.4. The Morgan fingerprint density at radius 3 is 2.83 bits per heavy atom. The Kier molecular flexibility index (Phi) is 10.3. The fraction of sp³-hybridized carbons (Fsp3) is 0.591. The second kappa shape index (κ2) is 12.7. The molecule has 0 spiro atoms. The number of esters is 1. The van der Waals surface area contributed by atoms with E-state index in [1.165, 1.54) is 0 Å². The standard InChI is InChI=1S/C22H31ClO6/c1-27-16-7-6-8-17(13-16)29-15-19-18(20(23)14-21(19)25)9-4-2-3-5-10-22(26)28-12-11-24/h2,4,6-8,13,18-21,24-25H,3,5,9-12,14-15H2,1H3/b4-2-/t18-,19-,20-,21-/m1/s1. The van der Waals surface area contributed by atoms with Crippen LogP contribution in [0.2, 0.25) is 0 Å². The zero-order chi connectivity index (χ0) is 21.1. The molecule has 1 aliphatic carbocycles. The molecule has 1 aromatic carbocycles. The van der Waals surface area contributed by atoms with Crippen LogP contribution in [0.1, 0.15) is 32.1 Å².